The monoisotopic (exact) mass is 525 g/mol. The number of nitrogens with one attached hydrogen (secondary N) is 1. The van der Waals surface area contributed by atoms with E-state index in [1.807, 2.05) is 29.2 Å². The minimum Gasteiger partial charge on any atom is -0.340 e. The van der Waals surface area contributed by atoms with Crippen LogP contribution in [0.3, 0.4) is 0 Å². The number of carbonyl (C=O) groups excluding carboxylic acids is 1. The van der Waals surface area contributed by atoms with Crippen molar-refractivity contribution in [3.05, 3.63) is 101 Å². The molecule has 2 heterocycles. The van der Waals surface area contributed by atoms with Crippen molar-refractivity contribution in [2.45, 2.75) is 52.1 Å². The number of carbonyl (C=O) groups is 1. The highest BCUT2D eigenvalue weighted by Crippen LogP contribution is 2.33. The zero-order valence-corrected chi connectivity index (χ0v) is 22.5. The quantitative estimate of drug-likeness (QED) is 0.249. The Balaban J connectivity index is 1.34. The van der Waals surface area contributed by atoms with E-state index in [4.69, 9.17) is 10.7 Å². The molecule has 0 saturated heterocycles. The van der Waals surface area contributed by atoms with Crippen molar-refractivity contribution in [1.82, 2.24) is 14.5 Å². The van der Waals surface area contributed by atoms with Gasteiger partial charge in [-0.2, -0.15) is 0 Å². The lowest BCUT2D eigenvalue weighted by atomic mass is 10.0. The molecular weight excluding hydrogens is 489 g/mol. The van der Waals surface area contributed by atoms with E-state index in [1.165, 1.54) is 23.3 Å². The van der Waals surface area contributed by atoms with E-state index in [0.29, 0.717) is 26.1 Å². The maximum absolute atomic E-state index is 13.7. The molecule has 0 bridgehead atoms. The number of aromatic nitrogens is 2. The molecular formula is C32H36FN5O. The summed E-state index contributed by atoms with van der Waals surface area (Å²) in [6.45, 7) is 4.45. The highest BCUT2D eigenvalue weighted by Gasteiger charge is 2.27. The van der Waals surface area contributed by atoms with Gasteiger partial charge in [-0.25, -0.2) is 9.37 Å². The fraction of sp³-hybridized carbons (Fsp3) is 0.312. The Labute approximate surface area is 229 Å². The number of nitrogens with zero attached hydrogens (tertiary/aromatic N) is 3. The van der Waals surface area contributed by atoms with E-state index in [9.17, 15) is 9.18 Å². The summed E-state index contributed by atoms with van der Waals surface area (Å²) >= 11 is 0. The van der Waals surface area contributed by atoms with Crippen LogP contribution in [0.4, 0.5) is 15.9 Å². The van der Waals surface area contributed by atoms with Gasteiger partial charge < -0.3 is 20.5 Å². The Morgan fingerprint density at radius 2 is 1.74 bits per heavy atom. The first-order valence-electron chi connectivity index (χ1n) is 13.7. The van der Waals surface area contributed by atoms with Gasteiger partial charge in [0.2, 0.25) is 5.91 Å². The molecule has 39 heavy (non-hydrogen) atoms. The van der Waals surface area contributed by atoms with E-state index >= 15 is 0 Å². The Hall–Kier alpha value is -3.97. The molecule has 0 aliphatic carbocycles. The van der Waals surface area contributed by atoms with Crippen molar-refractivity contribution in [1.29, 1.82) is 0 Å². The van der Waals surface area contributed by atoms with Gasteiger partial charge in [0, 0.05) is 24.3 Å². The number of fused-ring (bicyclic) bond motifs is 1. The van der Waals surface area contributed by atoms with Gasteiger partial charge in [-0.15, -0.1) is 0 Å². The molecule has 3 N–H and O–H groups in total. The van der Waals surface area contributed by atoms with E-state index in [1.54, 1.807) is 12.1 Å². The summed E-state index contributed by atoms with van der Waals surface area (Å²) < 4.78 is 15.8. The van der Waals surface area contributed by atoms with Crippen LogP contribution >= 0.6 is 0 Å². The van der Waals surface area contributed by atoms with Gasteiger partial charge in [-0.1, -0.05) is 48.4 Å². The summed E-state index contributed by atoms with van der Waals surface area (Å²) in [6, 6.07) is 22.9. The SMILES string of the molecule is Cc1ccc(Nc2c(-c3ccc(F)cc3)nc3n2CCN(C(=O)Cc2cccc(CCCCCN)c2)C3)cc1. The van der Waals surface area contributed by atoms with Crippen LogP contribution in [0.5, 0.6) is 0 Å². The number of benzene rings is 3. The second-order valence-corrected chi connectivity index (χ2v) is 10.3. The molecule has 0 fully saturated rings. The topological polar surface area (TPSA) is 76.2 Å². The van der Waals surface area contributed by atoms with Gasteiger partial charge in [0.05, 0.1) is 13.0 Å². The highest BCUT2D eigenvalue weighted by molar-refractivity contribution is 5.80. The second-order valence-electron chi connectivity index (χ2n) is 10.3. The smallest absolute Gasteiger partial charge is 0.227 e. The van der Waals surface area contributed by atoms with Crippen molar-refractivity contribution < 1.29 is 9.18 Å². The maximum Gasteiger partial charge on any atom is 0.227 e. The normalized spacial score (nSPS) is 12.8. The lowest BCUT2D eigenvalue weighted by Gasteiger charge is -2.29. The molecule has 0 atom stereocenters. The van der Waals surface area contributed by atoms with Crippen LogP contribution in [0.1, 0.15) is 41.8 Å². The fourth-order valence-electron chi connectivity index (χ4n) is 5.09. The molecule has 202 valence electrons. The van der Waals surface area contributed by atoms with Gasteiger partial charge in [-0.3, -0.25) is 4.79 Å². The lowest BCUT2D eigenvalue weighted by Crippen LogP contribution is -2.39. The zero-order valence-electron chi connectivity index (χ0n) is 22.5. The van der Waals surface area contributed by atoms with Gasteiger partial charge in [-0.05, 0) is 80.3 Å². The number of anilines is 2. The van der Waals surface area contributed by atoms with E-state index < -0.39 is 0 Å². The number of hydrogen-bond donors (Lipinski definition) is 2. The predicted molar refractivity (Wildman–Crippen MR) is 154 cm³/mol. The zero-order chi connectivity index (χ0) is 27.2. The van der Waals surface area contributed by atoms with Crippen molar-refractivity contribution in [3.8, 4) is 11.3 Å². The third kappa shape index (κ3) is 6.55. The van der Waals surface area contributed by atoms with Gasteiger partial charge in [0.1, 0.15) is 23.2 Å². The van der Waals surface area contributed by atoms with Crippen molar-refractivity contribution in [2.75, 3.05) is 18.4 Å². The first-order chi connectivity index (χ1) is 19.0. The van der Waals surface area contributed by atoms with Crippen molar-refractivity contribution >= 4 is 17.4 Å². The number of imidazole rings is 1. The van der Waals surface area contributed by atoms with Crippen molar-refractivity contribution in [3.63, 3.8) is 0 Å². The molecule has 7 heteroatoms. The van der Waals surface area contributed by atoms with Crippen LogP contribution < -0.4 is 11.1 Å². The molecule has 1 amide bonds. The van der Waals surface area contributed by atoms with Gasteiger partial charge in [0.15, 0.2) is 0 Å². The standard InChI is InChI=1S/C32H36FN5O/c1-23-9-15-28(16-10-23)35-32-31(26-11-13-27(33)14-12-26)36-29-22-37(18-19-38(29)32)30(39)21-25-8-5-7-24(20-25)6-3-2-4-17-34/h5,7-16,20,35H,2-4,6,17-19,21-22,34H2,1H3. The maximum atomic E-state index is 13.7. The average Bonchev–Trinajstić information content (AvgIpc) is 3.30. The van der Waals surface area contributed by atoms with Crippen LogP contribution in [-0.2, 0) is 30.7 Å². The molecule has 0 saturated carbocycles. The minimum absolute atomic E-state index is 0.0981. The molecule has 3 aromatic carbocycles. The van der Waals surface area contributed by atoms with Crippen LogP contribution in [0.25, 0.3) is 11.3 Å². The second kappa shape index (κ2) is 12.3. The summed E-state index contributed by atoms with van der Waals surface area (Å²) in [4.78, 5) is 20.2. The number of unbranched alkanes of at least 4 members (excludes halogenated alkanes) is 2. The molecule has 0 radical (unpaired) electrons. The summed E-state index contributed by atoms with van der Waals surface area (Å²) in [6.07, 6.45) is 4.66. The van der Waals surface area contributed by atoms with Crippen LogP contribution in [-0.4, -0.2) is 33.4 Å². The molecule has 1 aliphatic rings. The lowest BCUT2D eigenvalue weighted by molar-refractivity contribution is -0.132. The van der Waals surface area contributed by atoms with Crippen LogP contribution in [0, 0.1) is 12.7 Å². The van der Waals surface area contributed by atoms with Gasteiger partial charge in [0.25, 0.3) is 0 Å². The Morgan fingerprint density at radius 1 is 0.974 bits per heavy atom. The molecule has 1 aliphatic heterocycles. The average molecular weight is 526 g/mol. The molecule has 0 unspecified atom stereocenters. The number of halogens is 1. The van der Waals surface area contributed by atoms with E-state index in [-0.39, 0.29) is 11.7 Å². The summed E-state index contributed by atoms with van der Waals surface area (Å²) in [5.74, 6) is 1.49. The number of rotatable bonds is 10. The first kappa shape index (κ1) is 26.6. The van der Waals surface area contributed by atoms with Gasteiger partial charge >= 0.3 is 0 Å². The highest BCUT2D eigenvalue weighted by atomic mass is 19.1. The number of amides is 1. The summed E-state index contributed by atoms with van der Waals surface area (Å²) in [5, 5.41) is 3.53. The number of nitrogens with two attached hydrogens (primary N) is 1. The number of aryl methyl sites for hydroxylation is 2. The predicted octanol–water partition coefficient (Wildman–Crippen LogP) is 6.00. The molecule has 5 rings (SSSR count). The minimum atomic E-state index is -0.285. The van der Waals surface area contributed by atoms with Crippen LogP contribution in [0.15, 0.2) is 72.8 Å². The third-order valence-electron chi connectivity index (χ3n) is 7.27. The van der Waals surface area contributed by atoms with Crippen LogP contribution in [0.2, 0.25) is 0 Å². The Bertz CT molecular complexity index is 1410. The largest absolute Gasteiger partial charge is 0.340 e. The number of hydrogen-bond acceptors (Lipinski definition) is 4. The summed E-state index contributed by atoms with van der Waals surface area (Å²) in [7, 11) is 0. The van der Waals surface area contributed by atoms with E-state index in [2.05, 4.69) is 41.1 Å². The Kier molecular flexibility index (Phi) is 8.37. The third-order valence-corrected chi connectivity index (χ3v) is 7.27. The Morgan fingerprint density at radius 3 is 2.51 bits per heavy atom. The fourth-order valence-corrected chi connectivity index (χ4v) is 5.09. The molecule has 0 spiro atoms. The molecule has 4 aromatic rings. The molecule has 1 aromatic heterocycles. The van der Waals surface area contributed by atoms with Crippen molar-refractivity contribution in [2.24, 2.45) is 5.73 Å². The molecule has 6 nitrogen and oxygen atoms in total. The summed E-state index contributed by atoms with van der Waals surface area (Å²) in [5.41, 5.74) is 11.6. The van der Waals surface area contributed by atoms with E-state index in [0.717, 1.165) is 66.4 Å². The first-order valence-corrected chi connectivity index (χ1v) is 13.7.